The Kier molecular flexibility index (Phi) is 5.68. The molecule has 0 aliphatic rings. The molecule has 1 heterocycles. The summed E-state index contributed by atoms with van der Waals surface area (Å²) in [4.78, 5) is 11.7. The molecule has 0 spiro atoms. The van der Waals surface area contributed by atoms with Crippen LogP contribution >= 0.6 is 0 Å². The quantitative estimate of drug-likeness (QED) is 0.798. The van der Waals surface area contributed by atoms with Gasteiger partial charge in [0.05, 0.1) is 25.2 Å². The van der Waals surface area contributed by atoms with Crippen molar-refractivity contribution >= 4 is 11.8 Å². The molecular weight excluding hydrogens is 332 g/mol. The number of nitrogen functional groups attached to an aromatic ring is 1. The maximum Gasteiger partial charge on any atom is 0.312 e. The monoisotopic (exact) mass is 356 g/mol. The van der Waals surface area contributed by atoms with Gasteiger partial charge in [-0.3, -0.25) is 4.79 Å². The standard InChI is InChI=1S/C19H24N4O3/c1-12(18(24)26-5)13-6-8-14(9-7-13)16-15(10-20)17(21)23(22-16)19(2,3)11-25-4/h6-9,12H,11,21H2,1-5H3. The zero-order chi connectivity index (χ0) is 19.5. The minimum absolute atomic E-state index is 0.301. The fourth-order valence-electron chi connectivity index (χ4n) is 2.86. The van der Waals surface area contributed by atoms with Crippen LogP contribution in [0.5, 0.6) is 0 Å². The number of benzene rings is 1. The zero-order valence-electron chi connectivity index (χ0n) is 15.7. The smallest absolute Gasteiger partial charge is 0.312 e. The van der Waals surface area contributed by atoms with Crippen LogP contribution in [0.2, 0.25) is 0 Å². The Hall–Kier alpha value is -2.85. The number of carbonyl (C=O) groups is 1. The largest absolute Gasteiger partial charge is 0.469 e. The van der Waals surface area contributed by atoms with E-state index in [1.807, 2.05) is 38.1 Å². The van der Waals surface area contributed by atoms with Crippen molar-refractivity contribution in [1.29, 1.82) is 5.26 Å². The number of aromatic nitrogens is 2. The number of methoxy groups -OCH3 is 2. The molecule has 0 bridgehead atoms. The molecule has 1 aromatic carbocycles. The predicted molar refractivity (Wildman–Crippen MR) is 98.4 cm³/mol. The van der Waals surface area contributed by atoms with E-state index >= 15 is 0 Å². The van der Waals surface area contributed by atoms with Crippen LogP contribution in [-0.2, 0) is 19.8 Å². The second-order valence-corrected chi connectivity index (χ2v) is 6.74. The van der Waals surface area contributed by atoms with E-state index in [1.165, 1.54) is 7.11 Å². The predicted octanol–water partition coefficient (Wildman–Crippen LogP) is 2.66. The van der Waals surface area contributed by atoms with Crippen LogP contribution in [0.15, 0.2) is 24.3 Å². The molecule has 0 aliphatic carbocycles. The third kappa shape index (κ3) is 3.55. The average molecular weight is 356 g/mol. The Morgan fingerprint density at radius 2 is 1.96 bits per heavy atom. The van der Waals surface area contributed by atoms with E-state index in [-0.39, 0.29) is 11.9 Å². The van der Waals surface area contributed by atoms with E-state index in [0.717, 1.165) is 11.1 Å². The highest BCUT2D eigenvalue weighted by atomic mass is 16.5. The lowest BCUT2D eigenvalue weighted by atomic mass is 9.98. The molecule has 0 amide bonds. The van der Waals surface area contributed by atoms with Crippen molar-refractivity contribution in [2.24, 2.45) is 0 Å². The van der Waals surface area contributed by atoms with E-state index < -0.39 is 5.54 Å². The number of ether oxygens (including phenoxy) is 2. The summed E-state index contributed by atoms with van der Waals surface area (Å²) in [6.07, 6.45) is 0. The summed E-state index contributed by atoms with van der Waals surface area (Å²) in [5.41, 5.74) is 8.07. The van der Waals surface area contributed by atoms with Crippen LogP contribution < -0.4 is 5.73 Å². The van der Waals surface area contributed by atoms with Gasteiger partial charge in [-0.15, -0.1) is 0 Å². The van der Waals surface area contributed by atoms with Crippen LogP contribution in [0.4, 0.5) is 5.82 Å². The summed E-state index contributed by atoms with van der Waals surface area (Å²) in [5.74, 6) is -0.366. The first-order chi connectivity index (χ1) is 12.3. The van der Waals surface area contributed by atoms with Gasteiger partial charge in [0.2, 0.25) is 0 Å². The van der Waals surface area contributed by atoms with Crippen molar-refractivity contribution in [3.63, 3.8) is 0 Å². The van der Waals surface area contributed by atoms with Gasteiger partial charge in [-0.05, 0) is 26.3 Å². The third-order valence-corrected chi connectivity index (χ3v) is 4.34. The lowest BCUT2D eigenvalue weighted by Crippen LogP contribution is -2.33. The number of carbonyl (C=O) groups excluding carboxylic acids is 1. The van der Waals surface area contributed by atoms with Gasteiger partial charge in [-0.25, -0.2) is 4.68 Å². The molecular formula is C19H24N4O3. The molecule has 0 saturated carbocycles. The molecule has 0 aliphatic heterocycles. The Morgan fingerprint density at radius 1 is 1.35 bits per heavy atom. The minimum Gasteiger partial charge on any atom is -0.469 e. The van der Waals surface area contributed by atoms with E-state index in [2.05, 4.69) is 11.2 Å². The van der Waals surface area contributed by atoms with Crippen molar-refractivity contribution < 1.29 is 14.3 Å². The third-order valence-electron chi connectivity index (χ3n) is 4.34. The summed E-state index contributed by atoms with van der Waals surface area (Å²) in [7, 11) is 2.97. The Morgan fingerprint density at radius 3 is 2.46 bits per heavy atom. The molecule has 7 heteroatoms. The maximum atomic E-state index is 11.7. The first-order valence-corrected chi connectivity index (χ1v) is 8.23. The van der Waals surface area contributed by atoms with Gasteiger partial charge in [0.25, 0.3) is 0 Å². The van der Waals surface area contributed by atoms with E-state index in [4.69, 9.17) is 15.2 Å². The van der Waals surface area contributed by atoms with Crippen LogP contribution in [0.3, 0.4) is 0 Å². The number of nitrogens with two attached hydrogens (primary N) is 1. The van der Waals surface area contributed by atoms with Gasteiger partial charge in [0.1, 0.15) is 23.1 Å². The van der Waals surface area contributed by atoms with Crippen LogP contribution in [0, 0.1) is 11.3 Å². The summed E-state index contributed by atoms with van der Waals surface area (Å²) >= 11 is 0. The Balaban J connectivity index is 2.46. The SMILES string of the molecule is COCC(C)(C)n1nc(-c2ccc(C(C)C(=O)OC)cc2)c(C#N)c1N. The van der Waals surface area contributed by atoms with Crippen LogP contribution in [0.1, 0.15) is 37.8 Å². The molecule has 26 heavy (non-hydrogen) atoms. The Bertz CT molecular complexity index is 832. The number of hydrogen-bond donors (Lipinski definition) is 1. The summed E-state index contributed by atoms with van der Waals surface area (Å²) in [5, 5.41) is 14.1. The number of nitrogens with zero attached hydrogens (tertiary/aromatic N) is 3. The van der Waals surface area contributed by atoms with E-state index in [0.29, 0.717) is 23.7 Å². The molecule has 0 fully saturated rings. The van der Waals surface area contributed by atoms with Gasteiger partial charge >= 0.3 is 5.97 Å². The minimum atomic E-state index is -0.498. The molecule has 1 unspecified atom stereocenters. The molecule has 1 aromatic heterocycles. The van der Waals surface area contributed by atoms with Gasteiger partial charge in [-0.1, -0.05) is 24.3 Å². The summed E-state index contributed by atoms with van der Waals surface area (Å²) in [6, 6.07) is 9.44. The second-order valence-electron chi connectivity index (χ2n) is 6.74. The van der Waals surface area contributed by atoms with Gasteiger partial charge < -0.3 is 15.2 Å². The number of nitriles is 1. The molecule has 2 N–H and O–H groups in total. The molecule has 7 nitrogen and oxygen atoms in total. The zero-order valence-corrected chi connectivity index (χ0v) is 15.7. The normalized spacial score (nSPS) is 12.5. The first kappa shape index (κ1) is 19.5. The van der Waals surface area contributed by atoms with Gasteiger partial charge in [0.15, 0.2) is 0 Å². The molecule has 0 saturated heterocycles. The number of anilines is 1. The average Bonchev–Trinajstić information content (AvgIpc) is 2.97. The topological polar surface area (TPSA) is 103 Å². The summed E-state index contributed by atoms with van der Waals surface area (Å²) < 4.78 is 11.6. The highest BCUT2D eigenvalue weighted by Crippen LogP contribution is 2.31. The van der Waals surface area contributed by atoms with Crippen molar-refractivity contribution in [1.82, 2.24) is 9.78 Å². The highest BCUT2D eigenvalue weighted by Gasteiger charge is 2.28. The van der Waals surface area contributed by atoms with Crippen molar-refractivity contribution in [3.05, 3.63) is 35.4 Å². The Labute approximate surface area is 153 Å². The molecule has 0 radical (unpaired) electrons. The lowest BCUT2D eigenvalue weighted by molar-refractivity contribution is -0.141. The molecule has 2 aromatic rings. The molecule has 138 valence electrons. The van der Waals surface area contributed by atoms with Crippen molar-refractivity contribution in [2.45, 2.75) is 32.2 Å². The van der Waals surface area contributed by atoms with E-state index in [9.17, 15) is 10.1 Å². The van der Waals surface area contributed by atoms with Crippen molar-refractivity contribution in [2.75, 3.05) is 26.6 Å². The molecule has 2 rings (SSSR count). The first-order valence-electron chi connectivity index (χ1n) is 8.23. The number of rotatable bonds is 6. The van der Waals surface area contributed by atoms with E-state index in [1.54, 1.807) is 18.7 Å². The lowest BCUT2D eigenvalue weighted by Gasteiger charge is -2.25. The maximum absolute atomic E-state index is 11.7. The highest BCUT2D eigenvalue weighted by molar-refractivity contribution is 5.78. The second kappa shape index (κ2) is 7.58. The van der Waals surface area contributed by atoms with Gasteiger partial charge in [-0.2, -0.15) is 10.4 Å². The number of hydrogen-bond acceptors (Lipinski definition) is 6. The molecule has 1 atom stereocenters. The van der Waals surface area contributed by atoms with Crippen molar-refractivity contribution in [3.8, 4) is 17.3 Å². The fraction of sp³-hybridized carbons (Fsp3) is 0.421. The number of esters is 1. The fourth-order valence-corrected chi connectivity index (χ4v) is 2.86. The van der Waals surface area contributed by atoms with Crippen LogP contribution in [-0.4, -0.2) is 36.6 Å². The van der Waals surface area contributed by atoms with Crippen LogP contribution in [0.25, 0.3) is 11.3 Å². The summed E-state index contributed by atoms with van der Waals surface area (Å²) in [6.45, 7) is 6.05. The van der Waals surface area contributed by atoms with Gasteiger partial charge in [0, 0.05) is 12.7 Å².